The monoisotopic (exact) mass is 304 g/mol. The average Bonchev–Trinajstić information content (AvgIpc) is 2.37. The van der Waals surface area contributed by atoms with E-state index in [1.165, 1.54) is 24.3 Å². The van der Waals surface area contributed by atoms with Gasteiger partial charge in [0, 0.05) is 10.5 Å². The summed E-state index contributed by atoms with van der Waals surface area (Å²) in [5.41, 5.74) is 3.53. The molecule has 0 bridgehead atoms. The molecule has 0 aromatic heterocycles. The number of rotatable bonds is 4. The Balaban J connectivity index is 2.22. The van der Waals surface area contributed by atoms with Gasteiger partial charge in [-0.05, 0) is 56.2 Å². The standard InChI is InChI=1S/C17H17FO2S/c1-11-8-12(2)17(13(3)9-11)16(19)10-21(20)15-6-4-14(18)5-7-15/h4-9H,10H2,1-3H3. The molecule has 0 aliphatic heterocycles. The molecule has 2 rings (SSSR count). The summed E-state index contributed by atoms with van der Waals surface area (Å²) in [6.07, 6.45) is 0. The number of aryl methyl sites for hydroxylation is 3. The topological polar surface area (TPSA) is 34.1 Å². The number of halogens is 1. The van der Waals surface area contributed by atoms with Crippen LogP contribution in [0.2, 0.25) is 0 Å². The van der Waals surface area contributed by atoms with Crippen LogP contribution in [0.1, 0.15) is 27.0 Å². The van der Waals surface area contributed by atoms with E-state index in [1.54, 1.807) is 0 Å². The second-order valence-corrected chi connectivity index (χ2v) is 6.59. The summed E-state index contributed by atoms with van der Waals surface area (Å²) in [6, 6.07) is 9.30. The molecular formula is C17H17FO2S. The minimum Gasteiger partial charge on any atom is -0.293 e. The van der Waals surface area contributed by atoms with Crippen molar-refractivity contribution < 1.29 is 13.4 Å². The van der Waals surface area contributed by atoms with Crippen LogP contribution in [0.15, 0.2) is 41.3 Å². The molecule has 0 radical (unpaired) electrons. The zero-order chi connectivity index (χ0) is 15.6. The van der Waals surface area contributed by atoms with Gasteiger partial charge in [0.05, 0.1) is 16.6 Å². The Morgan fingerprint density at radius 3 is 2.10 bits per heavy atom. The van der Waals surface area contributed by atoms with Crippen LogP contribution >= 0.6 is 0 Å². The number of hydrogen-bond donors (Lipinski definition) is 0. The Hall–Kier alpha value is -1.81. The Labute approximate surface area is 126 Å². The second-order valence-electron chi connectivity index (χ2n) is 5.14. The van der Waals surface area contributed by atoms with E-state index < -0.39 is 10.8 Å². The van der Waals surface area contributed by atoms with Crippen molar-refractivity contribution in [3.05, 3.63) is 64.5 Å². The fourth-order valence-corrected chi connectivity index (χ4v) is 3.47. The fourth-order valence-electron chi connectivity index (χ4n) is 2.48. The molecule has 2 aromatic carbocycles. The molecule has 2 aromatic rings. The summed E-state index contributed by atoms with van der Waals surface area (Å²) in [6.45, 7) is 5.74. The van der Waals surface area contributed by atoms with E-state index in [1.807, 2.05) is 32.9 Å². The van der Waals surface area contributed by atoms with Gasteiger partial charge in [-0.3, -0.25) is 9.00 Å². The van der Waals surface area contributed by atoms with Gasteiger partial charge in [0.2, 0.25) is 0 Å². The first kappa shape index (κ1) is 15.6. The lowest BCUT2D eigenvalue weighted by Crippen LogP contribution is -2.14. The molecule has 0 saturated carbocycles. The first-order valence-corrected chi connectivity index (χ1v) is 7.95. The van der Waals surface area contributed by atoms with E-state index >= 15 is 0 Å². The quantitative estimate of drug-likeness (QED) is 0.806. The lowest BCUT2D eigenvalue weighted by atomic mass is 9.97. The van der Waals surface area contributed by atoms with E-state index in [-0.39, 0.29) is 17.4 Å². The lowest BCUT2D eigenvalue weighted by molar-refractivity contribution is 0.102. The number of Topliss-reactive ketones (excluding diaryl/α,β-unsaturated/α-hetero) is 1. The molecule has 0 amide bonds. The van der Waals surface area contributed by atoms with E-state index in [0.29, 0.717) is 10.5 Å². The maximum absolute atomic E-state index is 12.9. The number of ketones is 1. The molecule has 1 unspecified atom stereocenters. The van der Waals surface area contributed by atoms with Crippen molar-refractivity contribution in [2.75, 3.05) is 5.75 Å². The molecule has 1 atom stereocenters. The number of carbonyl (C=O) groups excluding carboxylic acids is 1. The summed E-state index contributed by atoms with van der Waals surface area (Å²) in [5.74, 6) is -0.615. The summed E-state index contributed by atoms with van der Waals surface area (Å²) < 4.78 is 25.1. The van der Waals surface area contributed by atoms with Crippen LogP contribution in [0.25, 0.3) is 0 Å². The molecule has 0 N–H and O–H groups in total. The average molecular weight is 304 g/mol. The fraction of sp³-hybridized carbons (Fsp3) is 0.235. The van der Waals surface area contributed by atoms with Gasteiger partial charge >= 0.3 is 0 Å². The van der Waals surface area contributed by atoms with Gasteiger partial charge in [-0.15, -0.1) is 0 Å². The zero-order valence-corrected chi connectivity index (χ0v) is 13.1. The first-order valence-electron chi connectivity index (χ1n) is 6.63. The maximum Gasteiger partial charge on any atom is 0.176 e. The third-order valence-electron chi connectivity index (χ3n) is 3.29. The van der Waals surface area contributed by atoms with Gasteiger partial charge in [-0.25, -0.2) is 4.39 Å². The largest absolute Gasteiger partial charge is 0.293 e. The molecule has 0 heterocycles. The molecule has 4 heteroatoms. The minimum absolute atomic E-state index is 0.0869. The van der Waals surface area contributed by atoms with Gasteiger partial charge in [0.25, 0.3) is 0 Å². The van der Waals surface area contributed by atoms with Crippen molar-refractivity contribution in [1.29, 1.82) is 0 Å². The summed E-state index contributed by atoms with van der Waals surface area (Å²) in [4.78, 5) is 12.8. The first-order chi connectivity index (χ1) is 9.88. The highest BCUT2D eigenvalue weighted by Gasteiger charge is 2.16. The Morgan fingerprint density at radius 1 is 1.05 bits per heavy atom. The smallest absolute Gasteiger partial charge is 0.176 e. The number of benzene rings is 2. The van der Waals surface area contributed by atoms with Crippen LogP contribution in [0.3, 0.4) is 0 Å². The molecule has 110 valence electrons. The minimum atomic E-state index is -1.46. The van der Waals surface area contributed by atoms with Crippen molar-refractivity contribution in [2.24, 2.45) is 0 Å². The molecule has 0 aliphatic carbocycles. The van der Waals surface area contributed by atoms with Crippen LogP contribution in [-0.2, 0) is 10.8 Å². The SMILES string of the molecule is Cc1cc(C)c(C(=O)CS(=O)c2ccc(F)cc2)c(C)c1. The molecule has 2 nitrogen and oxygen atoms in total. The molecular weight excluding hydrogens is 287 g/mol. The normalized spacial score (nSPS) is 12.2. The van der Waals surface area contributed by atoms with E-state index in [2.05, 4.69) is 0 Å². The number of hydrogen-bond acceptors (Lipinski definition) is 2. The molecule has 0 spiro atoms. The van der Waals surface area contributed by atoms with Crippen molar-refractivity contribution in [3.8, 4) is 0 Å². The third-order valence-corrected chi connectivity index (χ3v) is 4.62. The van der Waals surface area contributed by atoms with E-state index in [0.717, 1.165) is 16.7 Å². The predicted octanol–water partition coefficient (Wildman–Crippen LogP) is 3.74. The van der Waals surface area contributed by atoms with Gasteiger partial charge in [0.15, 0.2) is 5.78 Å². The highest BCUT2D eigenvalue weighted by atomic mass is 32.2. The summed E-state index contributed by atoms with van der Waals surface area (Å²) >= 11 is 0. The molecule has 0 fully saturated rings. The van der Waals surface area contributed by atoms with Crippen LogP contribution < -0.4 is 0 Å². The van der Waals surface area contributed by atoms with Crippen LogP contribution in [-0.4, -0.2) is 15.7 Å². The number of carbonyl (C=O) groups is 1. The van der Waals surface area contributed by atoms with Gasteiger partial charge in [-0.2, -0.15) is 0 Å². The van der Waals surface area contributed by atoms with E-state index in [4.69, 9.17) is 0 Å². The molecule has 0 saturated heterocycles. The maximum atomic E-state index is 12.9. The Bertz CT molecular complexity index is 682. The summed E-state index contributed by atoms with van der Waals surface area (Å²) in [5, 5.41) is 0. The van der Waals surface area contributed by atoms with Crippen molar-refractivity contribution in [3.63, 3.8) is 0 Å². The van der Waals surface area contributed by atoms with Gasteiger partial charge in [0.1, 0.15) is 5.82 Å². The van der Waals surface area contributed by atoms with Gasteiger partial charge in [-0.1, -0.05) is 17.7 Å². The van der Waals surface area contributed by atoms with Gasteiger partial charge < -0.3 is 0 Å². The van der Waals surface area contributed by atoms with Crippen LogP contribution in [0.4, 0.5) is 4.39 Å². The second kappa shape index (κ2) is 6.31. The highest BCUT2D eigenvalue weighted by Crippen LogP contribution is 2.18. The molecule has 0 aliphatic rings. The molecule has 21 heavy (non-hydrogen) atoms. The van der Waals surface area contributed by atoms with Crippen molar-refractivity contribution in [1.82, 2.24) is 0 Å². The van der Waals surface area contributed by atoms with Crippen molar-refractivity contribution in [2.45, 2.75) is 25.7 Å². The summed E-state index contributed by atoms with van der Waals surface area (Å²) in [7, 11) is -1.46. The van der Waals surface area contributed by atoms with Crippen LogP contribution in [0, 0.1) is 26.6 Å². The zero-order valence-electron chi connectivity index (χ0n) is 12.3. The van der Waals surface area contributed by atoms with E-state index in [9.17, 15) is 13.4 Å². The third kappa shape index (κ3) is 3.64. The van der Waals surface area contributed by atoms with Crippen LogP contribution in [0.5, 0.6) is 0 Å². The lowest BCUT2D eigenvalue weighted by Gasteiger charge is -2.10. The predicted molar refractivity (Wildman–Crippen MR) is 82.7 cm³/mol. The Kier molecular flexibility index (Phi) is 4.68. The van der Waals surface area contributed by atoms with Crippen molar-refractivity contribution >= 4 is 16.6 Å². The highest BCUT2D eigenvalue weighted by molar-refractivity contribution is 7.85. The Morgan fingerprint density at radius 2 is 1.57 bits per heavy atom.